The molecule has 0 aliphatic heterocycles. The smallest absolute Gasteiger partial charge is 0.0615 e. The Morgan fingerprint density at radius 2 is 1.24 bits per heavy atom. The van der Waals surface area contributed by atoms with Crippen molar-refractivity contribution in [3.63, 3.8) is 0 Å². The lowest BCUT2D eigenvalue weighted by Crippen LogP contribution is -2.19. The van der Waals surface area contributed by atoms with Crippen molar-refractivity contribution in [1.29, 1.82) is 0 Å². The fourth-order valence-corrected chi connectivity index (χ4v) is 3.80. The summed E-state index contributed by atoms with van der Waals surface area (Å²) in [5.74, 6) is 0. The lowest BCUT2D eigenvalue weighted by atomic mass is 9.72. The molecule has 0 fully saturated rings. The minimum absolute atomic E-state index is 0.0737. The van der Waals surface area contributed by atoms with Crippen molar-refractivity contribution in [3.05, 3.63) is 119 Å². The maximum absolute atomic E-state index is 8.79. The van der Waals surface area contributed by atoms with Crippen LogP contribution in [0, 0.1) is 5.41 Å². The van der Waals surface area contributed by atoms with Crippen LogP contribution in [0.3, 0.4) is 0 Å². The van der Waals surface area contributed by atoms with Gasteiger partial charge in [0.25, 0.3) is 0 Å². The Bertz CT molecular complexity index is 931. The molecule has 0 atom stereocenters. The minimum atomic E-state index is 0.0737. The van der Waals surface area contributed by atoms with Crippen LogP contribution in [0.1, 0.15) is 67.7 Å². The minimum Gasteiger partial charge on any atom is -0.392 e. The van der Waals surface area contributed by atoms with Crippen molar-refractivity contribution < 1.29 is 5.11 Å². The van der Waals surface area contributed by atoms with Gasteiger partial charge in [0.2, 0.25) is 0 Å². The van der Waals surface area contributed by atoms with Gasteiger partial charge in [-0.2, -0.15) is 0 Å². The third-order valence-electron chi connectivity index (χ3n) is 5.81. The first-order valence-electron chi connectivity index (χ1n) is 12.0. The van der Waals surface area contributed by atoms with Crippen molar-refractivity contribution in [2.24, 2.45) is 5.41 Å². The number of hydrogen-bond donors (Lipinski definition) is 1. The Labute approximate surface area is 203 Å². The first-order valence-corrected chi connectivity index (χ1v) is 12.0. The molecular formula is C32H44O. The van der Waals surface area contributed by atoms with Gasteiger partial charge >= 0.3 is 0 Å². The zero-order valence-electron chi connectivity index (χ0n) is 21.9. The van der Waals surface area contributed by atoms with E-state index in [1.807, 2.05) is 25.2 Å². The van der Waals surface area contributed by atoms with E-state index in [1.54, 1.807) is 6.08 Å². The normalized spacial score (nSPS) is 19.5. The molecule has 1 aliphatic carbocycles. The summed E-state index contributed by atoms with van der Waals surface area (Å²) in [6, 6.07) is 0. The first-order chi connectivity index (χ1) is 15.7. The number of rotatable bonds is 10. The van der Waals surface area contributed by atoms with E-state index in [1.165, 1.54) is 47.1 Å². The molecular weight excluding hydrogens is 400 g/mol. The number of aliphatic hydroxyl groups is 1. The molecule has 0 unspecified atom stereocenters. The van der Waals surface area contributed by atoms with Crippen molar-refractivity contribution in [2.45, 2.75) is 67.7 Å². The van der Waals surface area contributed by atoms with Gasteiger partial charge in [0.15, 0.2) is 0 Å². The average Bonchev–Trinajstić information content (AvgIpc) is 2.74. The second kappa shape index (κ2) is 15.2. The van der Waals surface area contributed by atoms with Gasteiger partial charge in [-0.1, -0.05) is 127 Å². The molecule has 1 N–H and O–H groups in total. The van der Waals surface area contributed by atoms with Crippen LogP contribution in [-0.4, -0.2) is 11.7 Å². The highest BCUT2D eigenvalue weighted by molar-refractivity contribution is 5.37. The Morgan fingerprint density at radius 1 is 0.758 bits per heavy atom. The Morgan fingerprint density at radius 3 is 1.76 bits per heavy atom. The second-order valence-electron chi connectivity index (χ2n) is 9.60. The topological polar surface area (TPSA) is 20.2 Å². The Kier molecular flexibility index (Phi) is 13.1. The largest absolute Gasteiger partial charge is 0.392 e. The highest BCUT2D eigenvalue weighted by atomic mass is 16.2. The quantitative estimate of drug-likeness (QED) is 0.333. The van der Waals surface area contributed by atoms with Crippen molar-refractivity contribution in [3.8, 4) is 0 Å². The highest BCUT2D eigenvalue weighted by Crippen LogP contribution is 2.40. The third-order valence-corrected chi connectivity index (χ3v) is 5.81. The van der Waals surface area contributed by atoms with Gasteiger partial charge in [0.1, 0.15) is 0 Å². The lowest BCUT2D eigenvalue weighted by Gasteiger charge is -2.32. The molecule has 0 amide bonds. The zero-order valence-corrected chi connectivity index (χ0v) is 21.9. The van der Waals surface area contributed by atoms with E-state index in [0.717, 1.165) is 5.57 Å². The van der Waals surface area contributed by atoms with Gasteiger partial charge in [-0.3, -0.25) is 0 Å². The predicted octanol–water partition coefficient (Wildman–Crippen LogP) is 9.07. The van der Waals surface area contributed by atoms with Gasteiger partial charge in [0.05, 0.1) is 6.61 Å². The molecule has 1 aliphatic rings. The van der Waals surface area contributed by atoms with E-state index < -0.39 is 0 Å². The van der Waals surface area contributed by atoms with E-state index in [2.05, 4.69) is 102 Å². The van der Waals surface area contributed by atoms with E-state index in [0.29, 0.717) is 0 Å². The zero-order chi connectivity index (χ0) is 24.7. The monoisotopic (exact) mass is 444 g/mol. The van der Waals surface area contributed by atoms with Gasteiger partial charge in [-0.15, -0.1) is 0 Å². The molecule has 1 rings (SSSR count). The van der Waals surface area contributed by atoms with Crippen LogP contribution in [0.5, 0.6) is 0 Å². The fourth-order valence-electron chi connectivity index (χ4n) is 3.80. The Balaban J connectivity index is 2.63. The van der Waals surface area contributed by atoms with Crippen molar-refractivity contribution >= 4 is 0 Å². The van der Waals surface area contributed by atoms with E-state index in [-0.39, 0.29) is 12.0 Å². The molecule has 0 saturated heterocycles. The Hall–Kier alpha value is -2.64. The second-order valence-corrected chi connectivity index (χ2v) is 9.60. The molecule has 0 saturated carbocycles. The maximum Gasteiger partial charge on any atom is 0.0615 e. The number of aliphatic hydroxyl groups excluding tert-OH is 1. The summed E-state index contributed by atoms with van der Waals surface area (Å²) in [5.41, 5.74) is 8.10. The molecule has 0 heterocycles. The molecule has 0 spiro atoms. The summed E-state index contributed by atoms with van der Waals surface area (Å²) in [6.07, 6.45) is 32.9. The molecule has 0 aromatic carbocycles. The highest BCUT2D eigenvalue weighted by Gasteiger charge is 2.26. The third kappa shape index (κ3) is 12.2. The van der Waals surface area contributed by atoms with Gasteiger partial charge in [0, 0.05) is 0 Å². The van der Waals surface area contributed by atoms with Crippen molar-refractivity contribution in [2.75, 3.05) is 6.61 Å². The summed E-state index contributed by atoms with van der Waals surface area (Å²) in [4.78, 5) is 0. The van der Waals surface area contributed by atoms with Crippen LogP contribution in [0.4, 0.5) is 0 Å². The first kappa shape index (κ1) is 28.4. The SMILES string of the molecule is CC1=C(/C=C/C(C)=C/C=C/C(C)=C/C=C/C=C(C)/C=C/C=C(C)/C=C/CO)C(C)(C)CCC1. The van der Waals surface area contributed by atoms with Gasteiger partial charge < -0.3 is 5.11 Å². The van der Waals surface area contributed by atoms with Gasteiger partial charge in [-0.05, 0) is 64.9 Å². The molecule has 0 radical (unpaired) electrons. The summed E-state index contributed by atoms with van der Waals surface area (Å²) in [6.45, 7) is 15.4. The molecule has 0 aromatic rings. The standard InChI is InChI=1S/C32H44O/c1-26(16-10-18-28(3)20-13-25-33)14-8-9-15-27(2)17-11-19-29(4)22-23-31-30(5)21-12-24-32(31,6)7/h8-11,13-20,22-23,33H,12,21,24-25H2,1-7H3/b9-8+,16-10+,17-11+,20-13+,23-22+,26-14+,27-15+,28-18+,29-19+. The van der Waals surface area contributed by atoms with E-state index >= 15 is 0 Å². The van der Waals surface area contributed by atoms with E-state index in [4.69, 9.17) is 5.11 Å². The molecule has 1 nitrogen and oxygen atoms in total. The number of allylic oxidation sites excluding steroid dienone is 19. The van der Waals surface area contributed by atoms with Crippen LogP contribution in [0.25, 0.3) is 0 Å². The van der Waals surface area contributed by atoms with Crippen LogP contribution in [-0.2, 0) is 0 Å². The van der Waals surface area contributed by atoms with Crippen LogP contribution >= 0.6 is 0 Å². The average molecular weight is 445 g/mol. The maximum atomic E-state index is 8.79. The van der Waals surface area contributed by atoms with Crippen LogP contribution < -0.4 is 0 Å². The molecule has 0 bridgehead atoms. The van der Waals surface area contributed by atoms with Gasteiger partial charge in [-0.25, -0.2) is 0 Å². The molecule has 1 heteroatoms. The van der Waals surface area contributed by atoms with E-state index in [9.17, 15) is 0 Å². The summed E-state index contributed by atoms with van der Waals surface area (Å²) < 4.78 is 0. The van der Waals surface area contributed by atoms with Crippen LogP contribution in [0.15, 0.2) is 119 Å². The summed E-state index contributed by atoms with van der Waals surface area (Å²) in [5, 5.41) is 8.79. The molecule has 33 heavy (non-hydrogen) atoms. The molecule has 0 aromatic heterocycles. The fraction of sp³-hybridized carbons (Fsp3) is 0.375. The summed E-state index contributed by atoms with van der Waals surface area (Å²) >= 11 is 0. The predicted molar refractivity (Wildman–Crippen MR) is 148 cm³/mol. The summed E-state index contributed by atoms with van der Waals surface area (Å²) in [7, 11) is 0. The molecule has 178 valence electrons. The lowest BCUT2D eigenvalue weighted by molar-refractivity contribution is 0.342. The van der Waals surface area contributed by atoms with Crippen molar-refractivity contribution in [1.82, 2.24) is 0 Å². The number of hydrogen-bond acceptors (Lipinski definition) is 1. The van der Waals surface area contributed by atoms with Crippen LogP contribution in [0.2, 0.25) is 0 Å².